The number of nitrogens with zero attached hydrogens (tertiary/aromatic N) is 5. The summed E-state index contributed by atoms with van der Waals surface area (Å²) in [6.45, 7) is 2.82. The van der Waals surface area contributed by atoms with Crippen LogP contribution < -0.4 is 0 Å². The molecule has 0 aliphatic carbocycles. The van der Waals surface area contributed by atoms with Crippen molar-refractivity contribution in [3.63, 3.8) is 0 Å². The number of fused-ring (bicyclic) bond motifs is 1. The fraction of sp³-hybridized carbons (Fsp3) is 0.222. The Kier molecular flexibility index (Phi) is 3.57. The highest BCUT2D eigenvalue weighted by atomic mass is 16.3. The van der Waals surface area contributed by atoms with Gasteiger partial charge in [-0.2, -0.15) is 0 Å². The number of aromatic nitrogens is 1. The van der Waals surface area contributed by atoms with E-state index in [9.17, 15) is 5.11 Å². The van der Waals surface area contributed by atoms with Crippen molar-refractivity contribution in [3.8, 4) is 5.75 Å². The summed E-state index contributed by atoms with van der Waals surface area (Å²) in [4.78, 5) is 0. The average molecular weight is 319 g/mol. The van der Waals surface area contributed by atoms with Crippen LogP contribution in [0.3, 0.4) is 0 Å². The second kappa shape index (κ2) is 5.88. The number of hydrogen-bond donors (Lipinski definition) is 1. The Bertz CT molecular complexity index is 931. The molecule has 0 radical (unpaired) electrons. The molecule has 1 aliphatic heterocycles. The molecule has 1 aromatic heterocycles. The molecular formula is C18H17N5O. The third-order valence-electron chi connectivity index (χ3n) is 4.43. The maximum atomic E-state index is 10.4. The highest BCUT2D eigenvalue weighted by molar-refractivity contribution is 5.91. The summed E-state index contributed by atoms with van der Waals surface area (Å²) in [6.07, 6.45) is 0.272. The van der Waals surface area contributed by atoms with Crippen molar-refractivity contribution in [2.45, 2.75) is 26.1 Å². The van der Waals surface area contributed by atoms with Crippen molar-refractivity contribution >= 4 is 10.9 Å². The number of benzene rings is 2. The molecule has 2 heterocycles. The molecule has 3 aromatic rings. The van der Waals surface area contributed by atoms with E-state index in [1.54, 1.807) is 6.07 Å². The van der Waals surface area contributed by atoms with Crippen LogP contribution in [0.1, 0.15) is 16.8 Å². The van der Waals surface area contributed by atoms with E-state index in [1.807, 2.05) is 30.3 Å². The summed E-state index contributed by atoms with van der Waals surface area (Å²) in [7, 11) is 0. The van der Waals surface area contributed by atoms with Crippen molar-refractivity contribution in [1.29, 1.82) is 0 Å². The normalized spacial score (nSPS) is 14.0. The van der Waals surface area contributed by atoms with Gasteiger partial charge >= 0.3 is 0 Å². The molecule has 24 heavy (non-hydrogen) atoms. The lowest BCUT2D eigenvalue weighted by Gasteiger charge is -2.09. The molecule has 0 atom stereocenters. The largest absolute Gasteiger partial charge is 0.507 e. The molecule has 2 aromatic carbocycles. The first kappa shape index (κ1) is 14.6. The van der Waals surface area contributed by atoms with Gasteiger partial charge in [0.2, 0.25) is 0 Å². The quantitative estimate of drug-likeness (QED) is 0.760. The van der Waals surface area contributed by atoms with Gasteiger partial charge in [0, 0.05) is 24.0 Å². The van der Waals surface area contributed by atoms with E-state index < -0.39 is 0 Å². The zero-order chi connectivity index (χ0) is 16.5. The summed E-state index contributed by atoms with van der Waals surface area (Å²) >= 11 is 0. The zero-order valence-electron chi connectivity index (χ0n) is 13.3. The van der Waals surface area contributed by atoms with E-state index in [1.165, 1.54) is 5.56 Å². The second-order valence-corrected chi connectivity index (χ2v) is 5.90. The Morgan fingerprint density at radius 2 is 1.75 bits per heavy atom. The van der Waals surface area contributed by atoms with E-state index in [0.717, 1.165) is 28.7 Å². The van der Waals surface area contributed by atoms with E-state index >= 15 is 0 Å². The van der Waals surface area contributed by atoms with Gasteiger partial charge in [-0.3, -0.25) is 0 Å². The minimum Gasteiger partial charge on any atom is -0.507 e. The lowest BCUT2D eigenvalue weighted by molar-refractivity contribution is 0.481. The molecule has 1 N–H and O–H groups in total. The highest BCUT2D eigenvalue weighted by Gasteiger charge is 2.21. The van der Waals surface area contributed by atoms with Crippen LogP contribution in [0.2, 0.25) is 0 Å². The van der Waals surface area contributed by atoms with Crippen LogP contribution in [0.15, 0.2) is 69.2 Å². The van der Waals surface area contributed by atoms with Gasteiger partial charge in [0.15, 0.2) is 6.17 Å². The van der Waals surface area contributed by atoms with Crippen LogP contribution in [-0.2, 0) is 13.0 Å². The fourth-order valence-corrected chi connectivity index (χ4v) is 3.26. The van der Waals surface area contributed by atoms with Gasteiger partial charge in [-0.25, -0.2) is 0 Å². The molecule has 0 fully saturated rings. The molecular weight excluding hydrogens is 302 g/mol. The number of hydrogen-bond acceptors (Lipinski definition) is 5. The lowest BCUT2D eigenvalue weighted by atomic mass is 10.1. The Labute approximate surface area is 139 Å². The zero-order valence-corrected chi connectivity index (χ0v) is 13.3. The summed E-state index contributed by atoms with van der Waals surface area (Å²) in [5.41, 5.74) is 4.38. The first-order chi connectivity index (χ1) is 11.7. The first-order valence-corrected chi connectivity index (χ1v) is 7.87. The molecule has 6 nitrogen and oxygen atoms in total. The Morgan fingerprint density at radius 3 is 2.50 bits per heavy atom. The average Bonchev–Trinajstić information content (AvgIpc) is 3.19. The molecule has 0 bridgehead atoms. The van der Waals surface area contributed by atoms with Crippen LogP contribution in [-0.4, -0.2) is 15.8 Å². The van der Waals surface area contributed by atoms with E-state index in [4.69, 9.17) is 0 Å². The van der Waals surface area contributed by atoms with Crippen LogP contribution in [0.4, 0.5) is 0 Å². The predicted molar refractivity (Wildman–Crippen MR) is 91.1 cm³/mol. The predicted octanol–water partition coefficient (Wildman–Crippen LogP) is 4.41. The van der Waals surface area contributed by atoms with Crippen molar-refractivity contribution in [1.82, 2.24) is 4.57 Å². The second-order valence-electron chi connectivity index (χ2n) is 5.90. The topological polar surface area (TPSA) is 74.6 Å². The summed E-state index contributed by atoms with van der Waals surface area (Å²) in [5, 5.41) is 26.4. The molecule has 0 saturated heterocycles. The molecule has 0 amide bonds. The SMILES string of the molecule is Cc1c(CC2N=NN=N2)c2c(O)cccc2n1Cc1ccccc1. The molecule has 0 saturated carbocycles. The number of aromatic hydroxyl groups is 1. The molecule has 4 rings (SSSR count). The molecule has 1 aliphatic rings. The van der Waals surface area contributed by atoms with Crippen molar-refractivity contribution in [3.05, 3.63) is 65.4 Å². The molecule has 0 unspecified atom stereocenters. The molecule has 0 spiro atoms. The monoisotopic (exact) mass is 319 g/mol. The molecule has 6 heteroatoms. The van der Waals surface area contributed by atoms with Gasteiger partial charge in [-0.1, -0.05) is 36.4 Å². The van der Waals surface area contributed by atoms with Crippen LogP contribution >= 0.6 is 0 Å². The van der Waals surface area contributed by atoms with Crippen LogP contribution in [0.5, 0.6) is 5.75 Å². The van der Waals surface area contributed by atoms with Gasteiger partial charge in [0.1, 0.15) is 5.75 Å². The molecule has 120 valence electrons. The minimum atomic E-state index is -0.306. The number of phenols is 1. The van der Waals surface area contributed by atoms with E-state index in [0.29, 0.717) is 6.42 Å². The third-order valence-corrected chi connectivity index (χ3v) is 4.43. The summed E-state index contributed by atoms with van der Waals surface area (Å²) in [5.74, 6) is 0.282. The minimum absolute atomic E-state index is 0.282. The maximum absolute atomic E-state index is 10.4. The van der Waals surface area contributed by atoms with Gasteiger partial charge in [0.25, 0.3) is 0 Å². The van der Waals surface area contributed by atoms with E-state index in [2.05, 4.69) is 44.3 Å². The Balaban J connectivity index is 1.84. The standard InChI is InChI=1S/C18H17N5O/c1-12-14(10-17-19-21-22-20-17)18-15(8-5-9-16(18)24)23(12)11-13-6-3-2-4-7-13/h2-9,17,24H,10-11H2,1H3. The van der Waals surface area contributed by atoms with Gasteiger partial charge in [0.05, 0.1) is 5.52 Å². The smallest absolute Gasteiger partial charge is 0.189 e. The summed E-state index contributed by atoms with van der Waals surface area (Å²) in [6, 6.07) is 15.9. The summed E-state index contributed by atoms with van der Waals surface area (Å²) < 4.78 is 2.23. The fourth-order valence-electron chi connectivity index (χ4n) is 3.26. The van der Waals surface area contributed by atoms with Crippen molar-refractivity contribution < 1.29 is 5.11 Å². The lowest BCUT2D eigenvalue weighted by Crippen LogP contribution is -2.05. The highest BCUT2D eigenvalue weighted by Crippen LogP contribution is 2.34. The van der Waals surface area contributed by atoms with Crippen LogP contribution in [0.25, 0.3) is 10.9 Å². The Hall–Kier alpha value is -3.02. The number of rotatable bonds is 4. The van der Waals surface area contributed by atoms with Crippen molar-refractivity contribution in [2.75, 3.05) is 0 Å². The third kappa shape index (κ3) is 2.46. The van der Waals surface area contributed by atoms with Crippen molar-refractivity contribution in [2.24, 2.45) is 20.7 Å². The van der Waals surface area contributed by atoms with Gasteiger partial charge < -0.3 is 9.67 Å². The van der Waals surface area contributed by atoms with Crippen LogP contribution in [0, 0.1) is 6.92 Å². The van der Waals surface area contributed by atoms with Gasteiger partial charge in [-0.05, 0) is 40.6 Å². The maximum Gasteiger partial charge on any atom is 0.189 e. The first-order valence-electron chi connectivity index (χ1n) is 7.87. The van der Waals surface area contributed by atoms with Gasteiger partial charge in [-0.15, -0.1) is 10.2 Å². The van der Waals surface area contributed by atoms with E-state index in [-0.39, 0.29) is 11.9 Å². The Morgan fingerprint density at radius 1 is 1.00 bits per heavy atom. The number of phenolic OH excluding ortho intramolecular Hbond substituents is 1.